The summed E-state index contributed by atoms with van der Waals surface area (Å²) in [5, 5.41) is 10.8. The third-order valence-electron chi connectivity index (χ3n) is 7.13. The SMILES string of the molecule is [CH2]c1ccc(NC(=O)[C@H](CCCNC(N)=O)NC(=O)C2(C(=O)NCCCCCN3C(=O)C=CC3=O)CCC2)cc1. The zero-order chi connectivity index (χ0) is 29.1. The maximum absolute atomic E-state index is 13.4. The highest BCUT2D eigenvalue weighted by molar-refractivity contribution is 6.12. The van der Waals surface area contributed by atoms with Crippen LogP contribution in [0.2, 0.25) is 0 Å². The van der Waals surface area contributed by atoms with Gasteiger partial charge >= 0.3 is 6.03 Å². The van der Waals surface area contributed by atoms with Gasteiger partial charge in [0.05, 0.1) is 0 Å². The van der Waals surface area contributed by atoms with E-state index in [1.165, 1.54) is 17.1 Å². The summed E-state index contributed by atoms with van der Waals surface area (Å²) in [5.74, 6) is -1.96. The van der Waals surface area contributed by atoms with Gasteiger partial charge in [0.25, 0.3) is 11.8 Å². The second kappa shape index (κ2) is 14.2. The summed E-state index contributed by atoms with van der Waals surface area (Å²) in [4.78, 5) is 74.9. The molecule has 3 rings (SSSR count). The van der Waals surface area contributed by atoms with Crippen LogP contribution in [-0.2, 0) is 24.0 Å². The van der Waals surface area contributed by atoms with Crippen LogP contribution < -0.4 is 27.0 Å². The standard InChI is InChI=1S/C28H37N6O6/c1-19-8-10-20(11-9-19)32-24(37)21(7-5-17-31-27(29)40)33-26(39)28(14-6-15-28)25(38)30-16-3-2-4-18-34-22(35)12-13-23(34)36/h8-13,21H,1-7,14-18H2,(H,30,38)(H,32,37)(H,33,39)(H3,29,31,40)/t21-/m0/s1. The zero-order valence-electron chi connectivity index (χ0n) is 22.5. The Bertz CT molecular complexity index is 1130. The zero-order valence-corrected chi connectivity index (χ0v) is 22.5. The van der Waals surface area contributed by atoms with Gasteiger partial charge < -0.3 is 27.0 Å². The van der Waals surface area contributed by atoms with Gasteiger partial charge in [-0.1, -0.05) is 18.6 Å². The van der Waals surface area contributed by atoms with Crippen molar-refractivity contribution in [3.05, 3.63) is 48.9 Å². The Morgan fingerprint density at radius 1 is 0.900 bits per heavy atom. The summed E-state index contributed by atoms with van der Waals surface area (Å²) >= 11 is 0. The summed E-state index contributed by atoms with van der Waals surface area (Å²) in [5.41, 5.74) is 5.18. The van der Waals surface area contributed by atoms with E-state index >= 15 is 0 Å². The molecule has 0 unspecified atom stereocenters. The largest absolute Gasteiger partial charge is 0.355 e. The molecule has 12 nitrogen and oxygen atoms in total. The molecule has 1 radical (unpaired) electrons. The first-order chi connectivity index (χ1) is 19.1. The lowest BCUT2D eigenvalue weighted by Gasteiger charge is -2.39. The van der Waals surface area contributed by atoms with E-state index in [4.69, 9.17) is 5.73 Å². The molecule has 40 heavy (non-hydrogen) atoms. The van der Waals surface area contributed by atoms with E-state index < -0.39 is 29.3 Å². The summed E-state index contributed by atoms with van der Waals surface area (Å²) in [6.07, 6.45) is 6.48. The fourth-order valence-electron chi connectivity index (χ4n) is 4.58. The first kappa shape index (κ1) is 30.3. The number of imide groups is 1. The number of carbonyl (C=O) groups is 6. The lowest BCUT2D eigenvalue weighted by atomic mass is 9.67. The molecular formula is C28H37N6O6. The fourth-order valence-corrected chi connectivity index (χ4v) is 4.58. The van der Waals surface area contributed by atoms with E-state index in [9.17, 15) is 28.8 Å². The molecule has 1 aliphatic carbocycles. The molecule has 0 spiro atoms. The summed E-state index contributed by atoms with van der Waals surface area (Å²) in [7, 11) is 0. The highest BCUT2D eigenvalue weighted by atomic mass is 16.2. The van der Waals surface area contributed by atoms with E-state index in [2.05, 4.69) is 28.2 Å². The Kier molecular flexibility index (Phi) is 10.8. The molecule has 1 atom stereocenters. The minimum absolute atomic E-state index is 0.223. The third kappa shape index (κ3) is 8.14. The van der Waals surface area contributed by atoms with Gasteiger partial charge in [0.2, 0.25) is 17.7 Å². The number of amides is 7. The number of urea groups is 1. The van der Waals surface area contributed by atoms with Crippen LogP contribution in [0.15, 0.2) is 36.4 Å². The third-order valence-corrected chi connectivity index (χ3v) is 7.13. The van der Waals surface area contributed by atoms with Crippen LogP contribution in [0.25, 0.3) is 0 Å². The number of rotatable bonds is 15. The van der Waals surface area contributed by atoms with Gasteiger partial charge in [-0.2, -0.15) is 0 Å². The fraction of sp³-hybridized carbons (Fsp3) is 0.464. The molecule has 6 N–H and O–H groups in total. The van der Waals surface area contributed by atoms with Crippen molar-refractivity contribution in [1.82, 2.24) is 20.9 Å². The van der Waals surface area contributed by atoms with Gasteiger partial charge in [-0.05, 0) is 69.6 Å². The van der Waals surface area contributed by atoms with Crippen LogP contribution in [0.1, 0.15) is 56.9 Å². The predicted molar refractivity (Wildman–Crippen MR) is 147 cm³/mol. The number of hydrogen-bond acceptors (Lipinski definition) is 6. The molecule has 215 valence electrons. The second-order valence-electron chi connectivity index (χ2n) is 10.1. The maximum Gasteiger partial charge on any atom is 0.312 e. The Morgan fingerprint density at radius 2 is 1.55 bits per heavy atom. The Morgan fingerprint density at radius 3 is 2.15 bits per heavy atom. The normalized spacial score (nSPS) is 16.2. The highest BCUT2D eigenvalue weighted by Crippen LogP contribution is 2.41. The first-order valence-corrected chi connectivity index (χ1v) is 13.5. The van der Waals surface area contributed by atoms with Gasteiger partial charge in [-0.25, -0.2) is 4.79 Å². The molecule has 7 amide bonds. The average Bonchev–Trinajstić information content (AvgIpc) is 3.20. The van der Waals surface area contributed by atoms with Crippen LogP contribution in [0, 0.1) is 12.3 Å². The number of hydrogen-bond donors (Lipinski definition) is 5. The van der Waals surface area contributed by atoms with Gasteiger partial charge in [-0.3, -0.25) is 28.9 Å². The monoisotopic (exact) mass is 553 g/mol. The smallest absolute Gasteiger partial charge is 0.312 e. The average molecular weight is 554 g/mol. The summed E-state index contributed by atoms with van der Waals surface area (Å²) in [6, 6.07) is 5.28. The molecular weight excluding hydrogens is 516 g/mol. The number of carbonyl (C=O) groups excluding carboxylic acids is 6. The number of anilines is 1. The number of nitrogens with one attached hydrogen (secondary N) is 4. The van der Waals surface area contributed by atoms with Crippen LogP contribution in [-0.4, -0.2) is 66.1 Å². The molecule has 1 heterocycles. The molecule has 0 saturated heterocycles. The lowest BCUT2D eigenvalue weighted by Crippen LogP contribution is -2.58. The van der Waals surface area contributed by atoms with Crippen molar-refractivity contribution in [2.45, 2.75) is 57.4 Å². The minimum atomic E-state index is -1.25. The molecule has 1 saturated carbocycles. The van der Waals surface area contributed by atoms with E-state index in [-0.39, 0.29) is 30.7 Å². The maximum atomic E-state index is 13.4. The minimum Gasteiger partial charge on any atom is -0.355 e. The van der Waals surface area contributed by atoms with Crippen LogP contribution in [0.3, 0.4) is 0 Å². The molecule has 0 aromatic heterocycles. The summed E-state index contributed by atoms with van der Waals surface area (Å²) in [6.45, 7) is 4.71. The van der Waals surface area contributed by atoms with Crippen molar-refractivity contribution in [2.24, 2.45) is 11.1 Å². The predicted octanol–water partition coefficient (Wildman–Crippen LogP) is 1.12. The number of nitrogens with two attached hydrogens (primary N) is 1. The van der Waals surface area contributed by atoms with Crippen molar-refractivity contribution in [3.63, 3.8) is 0 Å². The van der Waals surface area contributed by atoms with Crippen molar-refractivity contribution in [2.75, 3.05) is 25.0 Å². The van der Waals surface area contributed by atoms with Gasteiger partial charge in [0, 0.05) is 37.5 Å². The van der Waals surface area contributed by atoms with Gasteiger partial charge in [0.1, 0.15) is 11.5 Å². The van der Waals surface area contributed by atoms with Crippen molar-refractivity contribution >= 4 is 41.3 Å². The molecule has 2 aliphatic rings. The number of nitrogens with zero attached hydrogens (tertiary/aromatic N) is 1. The van der Waals surface area contributed by atoms with E-state index in [0.717, 1.165) is 5.56 Å². The Labute approximate surface area is 233 Å². The molecule has 1 aromatic carbocycles. The van der Waals surface area contributed by atoms with Gasteiger partial charge in [0.15, 0.2) is 0 Å². The van der Waals surface area contributed by atoms with Crippen molar-refractivity contribution < 1.29 is 28.8 Å². The molecule has 1 aliphatic heterocycles. The van der Waals surface area contributed by atoms with Crippen LogP contribution >= 0.6 is 0 Å². The van der Waals surface area contributed by atoms with Crippen molar-refractivity contribution in [1.29, 1.82) is 0 Å². The molecule has 0 bridgehead atoms. The summed E-state index contributed by atoms with van der Waals surface area (Å²) < 4.78 is 0. The Hall–Kier alpha value is -4.22. The van der Waals surface area contributed by atoms with Crippen LogP contribution in [0.5, 0.6) is 0 Å². The molecule has 12 heteroatoms. The highest BCUT2D eigenvalue weighted by Gasteiger charge is 2.51. The topological polar surface area (TPSA) is 180 Å². The van der Waals surface area contributed by atoms with E-state index in [1.54, 1.807) is 24.3 Å². The quantitative estimate of drug-likeness (QED) is 0.123. The van der Waals surface area contributed by atoms with Gasteiger partial charge in [-0.15, -0.1) is 0 Å². The first-order valence-electron chi connectivity index (χ1n) is 13.5. The number of primary amides is 1. The Balaban J connectivity index is 1.52. The number of unbranched alkanes of at least 4 members (excludes halogenated alkanes) is 2. The van der Waals surface area contributed by atoms with E-state index in [1.807, 2.05) is 0 Å². The second-order valence-corrected chi connectivity index (χ2v) is 10.1. The van der Waals surface area contributed by atoms with Crippen LogP contribution in [0.4, 0.5) is 10.5 Å². The molecule has 1 aromatic rings. The number of benzene rings is 1. The van der Waals surface area contributed by atoms with Crippen molar-refractivity contribution in [3.8, 4) is 0 Å². The van der Waals surface area contributed by atoms with E-state index in [0.29, 0.717) is 63.7 Å². The lowest BCUT2D eigenvalue weighted by molar-refractivity contribution is -0.151. The molecule has 1 fully saturated rings.